The van der Waals surface area contributed by atoms with E-state index in [0.29, 0.717) is 22.5 Å². The lowest BCUT2D eigenvalue weighted by molar-refractivity contribution is 0.669. The summed E-state index contributed by atoms with van der Waals surface area (Å²) in [6.07, 6.45) is 0. The Hall–Kier alpha value is -4.80. The van der Waals surface area contributed by atoms with Crippen LogP contribution in [0.3, 0.4) is 0 Å². The molecule has 180 valence electrons. The Balaban J connectivity index is 1.41. The molecule has 38 heavy (non-hydrogen) atoms. The Labute approximate surface area is 224 Å². The van der Waals surface area contributed by atoms with Crippen molar-refractivity contribution in [1.29, 1.82) is 0 Å². The van der Waals surface area contributed by atoms with Crippen LogP contribution in [0.4, 0.5) is 0 Å². The number of benzene rings is 5. The van der Waals surface area contributed by atoms with Crippen molar-refractivity contribution in [3.63, 3.8) is 0 Å². The van der Waals surface area contributed by atoms with Gasteiger partial charge < -0.3 is 4.42 Å². The standard InChI is InChI=1S/C33H20ClN3O/c34-25-17-14-23(15-18-25)32-35-31(22-10-5-2-6-11-22)36-33(37-32)24-16-19-27-29(20-24)38-28-13-7-12-26(30(27)28)21-8-3-1-4-9-21/h1-20H. The number of nitrogens with zero attached hydrogens (tertiary/aromatic N) is 3. The largest absolute Gasteiger partial charge is 0.456 e. The molecule has 0 unspecified atom stereocenters. The van der Waals surface area contributed by atoms with Crippen LogP contribution in [-0.4, -0.2) is 15.0 Å². The number of hydrogen-bond acceptors (Lipinski definition) is 4. The molecule has 0 N–H and O–H groups in total. The van der Waals surface area contributed by atoms with Crippen molar-refractivity contribution in [2.45, 2.75) is 0 Å². The Bertz CT molecular complexity index is 1910. The van der Waals surface area contributed by atoms with E-state index in [9.17, 15) is 0 Å². The summed E-state index contributed by atoms with van der Waals surface area (Å²) in [6, 6.07) is 40.2. The molecule has 0 aliphatic heterocycles. The number of furan rings is 1. The van der Waals surface area contributed by atoms with Crippen molar-refractivity contribution in [1.82, 2.24) is 15.0 Å². The molecule has 0 aliphatic rings. The van der Waals surface area contributed by atoms with Gasteiger partial charge in [-0.2, -0.15) is 0 Å². The lowest BCUT2D eigenvalue weighted by atomic mass is 9.99. The van der Waals surface area contributed by atoms with Crippen LogP contribution < -0.4 is 0 Å². The van der Waals surface area contributed by atoms with E-state index in [0.717, 1.165) is 49.8 Å². The molecule has 0 aliphatic carbocycles. The third-order valence-electron chi connectivity index (χ3n) is 6.61. The Kier molecular flexibility index (Phi) is 5.46. The van der Waals surface area contributed by atoms with Gasteiger partial charge in [-0.3, -0.25) is 0 Å². The van der Waals surface area contributed by atoms with Gasteiger partial charge in [-0.1, -0.05) is 90.5 Å². The van der Waals surface area contributed by atoms with Crippen molar-refractivity contribution in [3.05, 3.63) is 126 Å². The number of aromatic nitrogens is 3. The third-order valence-corrected chi connectivity index (χ3v) is 6.86. The monoisotopic (exact) mass is 509 g/mol. The molecule has 7 rings (SSSR count). The summed E-state index contributed by atoms with van der Waals surface area (Å²) in [5, 5.41) is 2.82. The maximum Gasteiger partial charge on any atom is 0.164 e. The maximum atomic E-state index is 6.33. The number of halogens is 1. The lowest BCUT2D eigenvalue weighted by Gasteiger charge is -2.08. The van der Waals surface area contributed by atoms with Gasteiger partial charge in [-0.05, 0) is 53.6 Å². The number of fused-ring (bicyclic) bond motifs is 3. The first-order valence-corrected chi connectivity index (χ1v) is 12.7. The molecular weight excluding hydrogens is 490 g/mol. The lowest BCUT2D eigenvalue weighted by Crippen LogP contribution is -2.00. The van der Waals surface area contributed by atoms with Gasteiger partial charge in [0, 0.05) is 32.5 Å². The van der Waals surface area contributed by atoms with Crippen LogP contribution in [0, 0.1) is 0 Å². The summed E-state index contributed by atoms with van der Waals surface area (Å²) in [4.78, 5) is 14.5. The quantitative estimate of drug-likeness (QED) is 0.237. The van der Waals surface area contributed by atoms with Crippen LogP contribution in [0.1, 0.15) is 0 Å². The zero-order valence-corrected chi connectivity index (χ0v) is 20.9. The summed E-state index contributed by atoms with van der Waals surface area (Å²) < 4.78 is 6.33. The van der Waals surface area contributed by atoms with Gasteiger partial charge in [0.2, 0.25) is 0 Å². The molecule has 0 fully saturated rings. The summed E-state index contributed by atoms with van der Waals surface area (Å²) in [5.74, 6) is 1.77. The van der Waals surface area contributed by atoms with Gasteiger partial charge in [0.25, 0.3) is 0 Å². The predicted molar refractivity (Wildman–Crippen MR) is 154 cm³/mol. The average molecular weight is 510 g/mol. The fourth-order valence-electron chi connectivity index (χ4n) is 4.77. The molecule has 7 aromatic rings. The highest BCUT2D eigenvalue weighted by Crippen LogP contribution is 2.38. The summed E-state index contributed by atoms with van der Waals surface area (Å²) in [7, 11) is 0. The first-order chi connectivity index (χ1) is 18.7. The zero-order valence-electron chi connectivity index (χ0n) is 20.2. The molecule has 2 aromatic heterocycles. The second-order valence-corrected chi connectivity index (χ2v) is 9.47. The van der Waals surface area contributed by atoms with Gasteiger partial charge in [-0.15, -0.1) is 0 Å². The van der Waals surface area contributed by atoms with Crippen LogP contribution in [0.5, 0.6) is 0 Å². The number of rotatable bonds is 4. The normalized spacial score (nSPS) is 11.3. The van der Waals surface area contributed by atoms with Gasteiger partial charge in [0.1, 0.15) is 11.2 Å². The van der Waals surface area contributed by atoms with E-state index in [1.807, 2.05) is 78.9 Å². The van der Waals surface area contributed by atoms with Crippen molar-refractivity contribution in [3.8, 4) is 45.3 Å². The molecule has 0 amide bonds. The summed E-state index contributed by atoms with van der Waals surface area (Å²) in [6.45, 7) is 0. The van der Waals surface area contributed by atoms with Crippen LogP contribution in [0.25, 0.3) is 67.2 Å². The van der Waals surface area contributed by atoms with Gasteiger partial charge in [-0.25, -0.2) is 15.0 Å². The minimum absolute atomic E-state index is 0.578. The van der Waals surface area contributed by atoms with Gasteiger partial charge in [0.15, 0.2) is 17.5 Å². The van der Waals surface area contributed by atoms with Crippen LogP contribution in [0.15, 0.2) is 126 Å². The second kappa shape index (κ2) is 9.25. The minimum Gasteiger partial charge on any atom is -0.456 e. The van der Waals surface area contributed by atoms with E-state index in [1.165, 1.54) is 0 Å². The minimum atomic E-state index is 0.578. The van der Waals surface area contributed by atoms with Crippen molar-refractivity contribution in [2.24, 2.45) is 0 Å². The zero-order chi connectivity index (χ0) is 25.5. The van der Waals surface area contributed by atoms with Crippen molar-refractivity contribution in [2.75, 3.05) is 0 Å². The fraction of sp³-hybridized carbons (Fsp3) is 0. The van der Waals surface area contributed by atoms with E-state index >= 15 is 0 Å². The summed E-state index contributed by atoms with van der Waals surface area (Å²) >= 11 is 6.13. The fourth-order valence-corrected chi connectivity index (χ4v) is 4.90. The topological polar surface area (TPSA) is 51.8 Å². The highest BCUT2D eigenvalue weighted by Gasteiger charge is 2.16. The smallest absolute Gasteiger partial charge is 0.164 e. The molecule has 5 aromatic carbocycles. The van der Waals surface area contributed by atoms with Gasteiger partial charge >= 0.3 is 0 Å². The Morgan fingerprint density at radius 2 is 1.05 bits per heavy atom. The second-order valence-electron chi connectivity index (χ2n) is 9.04. The first kappa shape index (κ1) is 22.4. The van der Waals surface area contributed by atoms with E-state index in [-0.39, 0.29) is 0 Å². The third kappa shape index (κ3) is 4.01. The SMILES string of the molecule is Clc1ccc(-c2nc(-c3ccccc3)nc(-c3ccc4c(c3)oc3cccc(-c5ccccc5)c34)n2)cc1. The predicted octanol–water partition coefficient (Wildman–Crippen LogP) is 9.09. The van der Waals surface area contributed by atoms with Crippen molar-refractivity contribution < 1.29 is 4.42 Å². The molecular formula is C33H20ClN3O. The van der Waals surface area contributed by atoms with Crippen LogP contribution in [-0.2, 0) is 0 Å². The first-order valence-electron chi connectivity index (χ1n) is 12.3. The highest BCUT2D eigenvalue weighted by molar-refractivity contribution is 6.30. The molecule has 5 heteroatoms. The molecule has 0 bridgehead atoms. The molecule has 2 heterocycles. The molecule has 0 atom stereocenters. The maximum absolute atomic E-state index is 6.33. The number of hydrogen-bond donors (Lipinski definition) is 0. The van der Waals surface area contributed by atoms with E-state index in [1.54, 1.807) is 0 Å². The molecule has 0 radical (unpaired) electrons. The molecule has 0 spiro atoms. The van der Waals surface area contributed by atoms with E-state index in [2.05, 4.69) is 42.5 Å². The Morgan fingerprint density at radius 3 is 1.74 bits per heavy atom. The highest BCUT2D eigenvalue weighted by atomic mass is 35.5. The van der Waals surface area contributed by atoms with Crippen molar-refractivity contribution >= 4 is 33.5 Å². The Morgan fingerprint density at radius 1 is 0.474 bits per heavy atom. The van der Waals surface area contributed by atoms with Crippen LogP contribution >= 0.6 is 11.6 Å². The summed E-state index contributed by atoms with van der Waals surface area (Å²) in [5.41, 5.74) is 6.58. The van der Waals surface area contributed by atoms with E-state index in [4.69, 9.17) is 31.0 Å². The van der Waals surface area contributed by atoms with Crippen LogP contribution in [0.2, 0.25) is 5.02 Å². The average Bonchev–Trinajstić information content (AvgIpc) is 3.36. The molecule has 0 saturated heterocycles. The molecule has 0 saturated carbocycles. The van der Waals surface area contributed by atoms with E-state index < -0.39 is 0 Å². The molecule has 4 nitrogen and oxygen atoms in total. The van der Waals surface area contributed by atoms with Gasteiger partial charge in [0.05, 0.1) is 0 Å².